The zero-order valence-corrected chi connectivity index (χ0v) is 15.8. The van der Waals surface area contributed by atoms with Crippen molar-refractivity contribution in [3.63, 3.8) is 0 Å². The van der Waals surface area contributed by atoms with Crippen LogP contribution in [0.1, 0.15) is 19.8 Å². The molecule has 1 aliphatic carbocycles. The molecule has 146 valence electrons. The molecule has 7 nitrogen and oxygen atoms in total. The van der Waals surface area contributed by atoms with E-state index >= 15 is 0 Å². The van der Waals surface area contributed by atoms with Crippen LogP contribution in [0.2, 0.25) is 0 Å². The van der Waals surface area contributed by atoms with E-state index in [-0.39, 0.29) is 6.04 Å². The zero-order valence-electron chi connectivity index (χ0n) is 15.8. The summed E-state index contributed by atoms with van der Waals surface area (Å²) in [5, 5.41) is 8.30. The topological polar surface area (TPSA) is 91.4 Å². The van der Waals surface area contributed by atoms with Gasteiger partial charge in [-0.3, -0.25) is 0 Å². The molecule has 1 fully saturated rings. The summed E-state index contributed by atoms with van der Waals surface area (Å²) >= 11 is 0. The number of benzene rings is 2. The molecule has 0 aliphatic heterocycles. The molecule has 1 aromatic heterocycles. The van der Waals surface area contributed by atoms with Crippen molar-refractivity contribution in [2.45, 2.75) is 25.8 Å². The first-order chi connectivity index (χ1) is 13.6. The number of nitrogens with zero attached hydrogens (tertiary/aromatic N) is 2. The van der Waals surface area contributed by atoms with E-state index in [1.54, 1.807) is 0 Å². The van der Waals surface area contributed by atoms with Crippen molar-refractivity contribution in [3.05, 3.63) is 48.7 Å². The smallest absolute Gasteiger partial charge is 0.312 e. The van der Waals surface area contributed by atoms with Gasteiger partial charge in [-0.1, -0.05) is 0 Å². The van der Waals surface area contributed by atoms with E-state index in [1.165, 1.54) is 12.8 Å². The lowest BCUT2D eigenvalue weighted by Crippen LogP contribution is -2.40. The van der Waals surface area contributed by atoms with Gasteiger partial charge in [0, 0.05) is 17.6 Å². The molecule has 0 bridgehead atoms. The Labute approximate surface area is 163 Å². The van der Waals surface area contributed by atoms with Crippen LogP contribution in [0.4, 0.5) is 4.79 Å². The molecule has 7 heteroatoms. The van der Waals surface area contributed by atoms with E-state index < -0.39 is 6.03 Å². The molecule has 3 N–H and O–H groups in total. The highest BCUT2D eigenvalue weighted by Crippen LogP contribution is 2.30. The van der Waals surface area contributed by atoms with Crippen molar-refractivity contribution in [1.82, 2.24) is 15.1 Å². The largest absolute Gasteiger partial charge is 0.493 e. The van der Waals surface area contributed by atoms with Gasteiger partial charge in [0.25, 0.3) is 0 Å². The van der Waals surface area contributed by atoms with Crippen molar-refractivity contribution < 1.29 is 14.3 Å². The number of urea groups is 1. The lowest BCUT2D eigenvalue weighted by Gasteiger charge is -2.13. The van der Waals surface area contributed by atoms with Crippen LogP contribution in [0.15, 0.2) is 48.7 Å². The van der Waals surface area contributed by atoms with Crippen molar-refractivity contribution >= 4 is 16.9 Å². The summed E-state index contributed by atoms with van der Waals surface area (Å²) < 4.78 is 13.4. The van der Waals surface area contributed by atoms with Gasteiger partial charge < -0.3 is 20.5 Å². The Morgan fingerprint density at radius 3 is 2.68 bits per heavy atom. The van der Waals surface area contributed by atoms with Crippen molar-refractivity contribution in [2.24, 2.45) is 11.7 Å². The summed E-state index contributed by atoms with van der Waals surface area (Å²) in [6.07, 6.45) is 4.54. The molecule has 2 amide bonds. The molecule has 0 spiro atoms. The van der Waals surface area contributed by atoms with Crippen LogP contribution >= 0.6 is 0 Å². The maximum Gasteiger partial charge on any atom is 0.312 e. The molecular formula is C21H24N4O3. The summed E-state index contributed by atoms with van der Waals surface area (Å²) in [4.78, 5) is 10.8. The lowest BCUT2D eigenvalue weighted by atomic mass is 10.2. The highest BCUT2D eigenvalue weighted by atomic mass is 16.5. The molecule has 0 unspecified atom stereocenters. The first kappa shape index (κ1) is 18.2. The van der Waals surface area contributed by atoms with Gasteiger partial charge in [-0.2, -0.15) is 5.10 Å². The molecular weight excluding hydrogens is 356 g/mol. The third-order valence-electron chi connectivity index (χ3n) is 4.65. The second kappa shape index (κ2) is 7.80. The van der Waals surface area contributed by atoms with E-state index in [2.05, 4.69) is 10.4 Å². The number of rotatable bonds is 8. The minimum atomic E-state index is -0.557. The summed E-state index contributed by atoms with van der Waals surface area (Å²) in [5.41, 5.74) is 6.94. The second-order valence-corrected chi connectivity index (χ2v) is 7.26. The fourth-order valence-corrected chi connectivity index (χ4v) is 2.92. The van der Waals surface area contributed by atoms with Gasteiger partial charge in [0.2, 0.25) is 0 Å². The Balaban J connectivity index is 1.41. The number of nitrogens with one attached hydrogen (secondary N) is 1. The molecule has 4 rings (SSSR count). The Morgan fingerprint density at radius 2 is 1.96 bits per heavy atom. The number of primary amides is 1. The van der Waals surface area contributed by atoms with Crippen LogP contribution in [0.3, 0.4) is 0 Å². The van der Waals surface area contributed by atoms with Gasteiger partial charge in [0.1, 0.15) is 18.1 Å². The van der Waals surface area contributed by atoms with Gasteiger partial charge in [-0.05, 0) is 62.1 Å². The number of hydrogen-bond donors (Lipinski definition) is 2. The highest BCUT2D eigenvalue weighted by molar-refractivity contribution is 5.80. The number of aromatic nitrogens is 2. The Hall–Kier alpha value is -3.22. The van der Waals surface area contributed by atoms with Crippen LogP contribution in [-0.4, -0.2) is 35.1 Å². The number of carbonyl (C=O) groups is 1. The number of nitrogens with two attached hydrogens (primary N) is 1. The van der Waals surface area contributed by atoms with Gasteiger partial charge in [0.15, 0.2) is 0 Å². The predicted octanol–water partition coefficient (Wildman–Crippen LogP) is 3.25. The monoisotopic (exact) mass is 380 g/mol. The van der Waals surface area contributed by atoms with E-state index in [1.807, 2.05) is 60.3 Å². The molecule has 1 saturated carbocycles. The van der Waals surface area contributed by atoms with Crippen LogP contribution in [0, 0.1) is 5.92 Å². The van der Waals surface area contributed by atoms with E-state index in [9.17, 15) is 4.79 Å². The van der Waals surface area contributed by atoms with Crippen LogP contribution in [-0.2, 0) is 0 Å². The molecule has 1 aliphatic rings. The number of carbonyl (C=O) groups excluding carboxylic acids is 1. The van der Waals surface area contributed by atoms with E-state index in [4.69, 9.17) is 15.2 Å². The standard InChI is InChI=1S/C21H24N4O3/c1-14(23-21(22)26)12-27-18-8-5-17(6-9-18)25-11-16-4-7-19(10-20(16)24-25)28-13-15-2-3-15/h4-11,14-15H,2-3,12-13H2,1H3,(H3,22,23,26)/t14-/m0/s1. The average Bonchev–Trinajstić information content (AvgIpc) is 3.41. The molecule has 1 heterocycles. The fraction of sp³-hybridized carbons (Fsp3) is 0.333. The van der Waals surface area contributed by atoms with Gasteiger partial charge in [-0.25, -0.2) is 9.48 Å². The van der Waals surface area contributed by atoms with Gasteiger partial charge in [-0.15, -0.1) is 0 Å². The fourth-order valence-electron chi connectivity index (χ4n) is 2.92. The SMILES string of the molecule is C[C@@H](COc1ccc(-n2cc3ccc(OCC4CC4)cc3n2)cc1)NC(N)=O. The van der Waals surface area contributed by atoms with Gasteiger partial charge in [0.05, 0.1) is 23.9 Å². The minimum absolute atomic E-state index is 0.162. The van der Waals surface area contributed by atoms with Crippen molar-refractivity contribution in [1.29, 1.82) is 0 Å². The highest BCUT2D eigenvalue weighted by Gasteiger charge is 2.21. The zero-order chi connectivity index (χ0) is 19.5. The minimum Gasteiger partial charge on any atom is -0.493 e. The van der Waals surface area contributed by atoms with E-state index in [0.29, 0.717) is 12.4 Å². The second-order valence-electron chi connectivity index (χ2n) is 7.26. The maximum atomic E-state index is 10.8. The molecule has 2 aromatic carbocycles. The van der Waals surface area contributed by atoms with Gasteiger partial charge >= 0.3 is 6.03 Å². The normalized spacial score (nSPS) is 14.6. The number of ether oxygens (including phenoxy) is 2. The molecule has 0 radical (unpaired) electrons. The average molecular weight is 380 g/mol. The molecule has 3 aromatic rings. The first-order valence-electron chi connectivity index (χ1n) is 9.48. The summed E-state index contributed by atoms with van der Waals surface area (Å²) in [7, 11) is 0. The maximum absolute atomic E-state index is 10.8. The third-order valence-corrected chi connectivity index (χ3v) is 4.65. The third kappa shape index (κ3) is 4.54. The van der Waals surface area contributed by atoms with Crippen molar-refractivity contribution in [2.75, 3.05) is 13.2 Å². The Kier molecular flexibility index (Phi) is 5.06. The number of amides is 2. The van der Waals surface area contributed by atoms with Crippen LogP contribution in [0.25, 0.3) is 16.6 Å². The van der Waals surface area contributed by atoms with Crippen LogP contribution < -0.4 is 20.5 Å². The summed E-state index contributed by atoms with van der Waals surface area (Å²) in [5.74, 6) is 2.31. The van der Waals surface area contributed by atoms with Crippen LogP contribution in [0.5, 0.6) is 11.5 Å². The summed E-state index contributed by atoms with van der Waals surface area (Å²) in [6, 6.07) is 12.9. The Bertz CT molecular complexity index is 963. The molecule has 0 saturated heterocycles. The summed E-state index contributed by atoms with van der Waals surface area (Å²) in [6.45, 7) is 2.97. The molecule has 1 atom stereocenters. The quantitative estimate of drug-likeness (QED) is 0.627. The van der Waals surface area contributed by atoms with E-state index in [0.717, 1.165) is 34.9 Å². The predicted molar refractivity (Wildman–Crippen MR) is 107 cm³/mol. The number of fused-ring (bicyclic) bond motifs is 1. The Morgan fingerprint density at radius 1 is 1.21 bits per heavy atom. The lowest BCUT2D eigenvalue weighted by molar-refractivity contribution is 0.233. The molecule has 28 heavy (non-hydrogen) atoms. The number of hydrogen-bond acceptors (Lipinski definition) is 4. The van der Waals surface area contributed by atoms with Crippen molar-refractivity contribution in [3.8, 4) is 17.2 Å². The first-order valence-corrected chi connectivity index (χ1v) is 9.48.